The van der Waals surface area contributed by atoms with Gasteiger partial charge in [0.1, 0.15) is 0 Å². The fourth-order valence-corrected chi connectivity index (χ4v) is 1.30. The molecule has 0 saturated carbocycles. The maximum atomic E-state index is 12.2. The lowest BCUT2D eigenvalue weighted by Crippen LogP contribution is -2.21. The number of rotatable bonds is 2. The first-order chi connectivity index (χ1) is 6.46. The maximum Gasteiger partial charge on any atom is 0.418 e. The molecule has 0 aliphatic rings. The van der Waals surface area contributed by atoms with Crippen LogP contribution in [0.4, 0.5) is 13.2 Å². The lowest BCUT2D eigenvalue weighted by Gasteiger charge is -2.17. The van der Waals surface area contributed by atoms with E-state index in [2.05, 4.69) is 0 Å². The zero-order valence-corrected chi connectivity index (χ0v) is 7.67. The third-order valence-electron chi connectivity index (χ3n) is 2.04. The molecule has 1 N–H and O–H groups in total. The second kappa shape index (κ2) is 4.00. The zero-order chi connectivity index (χ0) is 10.8. The second-order valence-electron chi connectivity index (χ2n) is 3.00. The molecular weight excluding hydrogens is 193 g/mol. The molecule has 1 aromatic carbocycles. The first-order valence-electron chi connectivity index (χ1n) is 4.29. The number of aliphatic hydroxyl groups excluding tert-OH is 1. The Kier molecular flexibility index (Phi) is 3.16. The third-order valence-corrected chi connectivity index (χ3v) is 2.04. The number of hydrogen-bond acceptors (Lipinski definition) is 1. The summed E-state index contributed by atoms with van der Waals surface area (Å²) in [6.45, 7) is 1.75. The molecule has 0 aliphatic carbocycles. The van der Waals surface area contributed by atoms with Crippen molar-refractivity contribution >= 4 is 0 Å². The molecule has 1 atom stereocenters. The van der Waals surface area contributed by atoms with Gasteiger partial charge in [-0.25, -0.2) is 0 Å². The second-order valence-corrected chi connectivity index (χ2v) is 3.00. The molecule has 0 spiro atoms. The summed E-state index contributed by atoms with van der Waals surface area (Å²) in [6, 6.07) is 6.04. The third kappa shape index (κ3) is 2.26. The Morgan fingerprint density at radius 1 is 1.29 bits per heavy atom. The van der Waals surface area contributed by atoms with Gasteiger partial charge in [0.2, 0.25) is 0 Å². The first-order valence-corrected chi connectivity index (χ1v) is 4.29. The van der Waals surface area contributed by atoms with Crippen molar-refractivity contribution in [1.29, 1.82) is 0 Å². The lowest BCUT2D eigenvalue weighted by molar-refractivity contribution is -0.207. The highest BCUT2D eigenvalue weighted by Crippen LogP contribution is 2.33. The Hall–Kier alpha value is -1.03. The van der Waals surface area contributed by atoms with Crippen LogP contribution in [-0.2, 0) is 6.42 Å². The van der Waals surface area contributed by atoms with E-state index in [-0.39, 0.29) is 5.56 Å². The van der Waals surface area contributed by atoms with Crippen LogP contribution in [0.2, 0.25) is 0 Å². The molecule has 0 amide bonds. The van der Waals surface area contributed by atoms with Crippen molar-refractivity contribution in [3.05, 3.63) is 35.4 Å². The van der Waals surface area contributed by atoms with Crippen molar-refractivity contribution in [3.8, 4) is 0 Å². The molecule has 4 heteroatoms. The van der Waals surface area contributed by atoms with Crippen LogP contribution in [0.3, 0.4) is 0 Å². The summed E-state index contributed by atoms with van der Waals surface area (Å²) >= 11 is 0. The van der Waals surface area contributed by atoms with Crippen LogP contribution in [0, 0.1) is 0 Å². The fourth-order valence-electron chi connectivity index (χ4n) is 1.30. The first kappa shape index (κ1) is 11.0. The van der Waals surface area contributed by atoms with Crippen LogP contribution in [-0.4, -0.2) is 11.3 Å². The predicted octanol–water partition coefficient (Wildman–Crippen LogP) is 2.84. The van der Waals surface area contributed by atoms with Crippen molar-refractivity contribution in [2.24, 2.45) is 0 Å². The van der Waals surface area contributed by atoms with E-state index >= 15 is 0 Å². The highest BCUT2D eigenvalue weighted by molar-refractivity contribution is 5.29. The number of aliphatic hydroxyl groups is 1. The number of aryl methyl sites for hydroxylation is 1. The molecule has 0 aliphatic heterocycles. The van der Waals surface area contributed by atoms with Gasteiger partial charge in [-0.2, -0.15) is 13.2 Å². The molecule has 14 heavy (non-hydrogen) atoms. The minimum atomic E-state index is -4.59. The van der Waals surface area contributed by atoms with E-state index in [0.717, 1.165) is 0 Å². The van der Waals surface area contributed by atoms with Gasteiger partial charge >= 0.3 is 6.18 Å². The standard InChI is InChI=1S/C10H11F3O/c1-2-7-5-3-4-6-8(7)9(14)10(11,12)13/h3-6,9,14H,2H2,1H3/t9-/m0/s1. The quantitative estimate of drug-likeness (QED) is 0.785. The largest absolute Gasteiger partial charge is 0.418 e. The van der Waals surface area contributed by atoms with Gasteiger partial charge in [-0.1, -0.05) is 31.2 Å². The fraction of sp³-hybridized carbons (Fsp3) is 0.400. The van der Waals surface area contributed by atoms with E-state index in [1.165, 1.54) is 12.1 Å². The Morgan fingerprint density at radius 3 is 2.36 bits per heavy atom. The van der Waals surface area contributed by atoms with E-state index in [4.69, 9.17) is 5.11 Å². The molecule has 0 heterocycles. The van der Waals surface area contributed by atoms with Gasteiger partial charge in [0, 0.05) is 0 Å². The summed E-state index contributed by atoms with van der Waals surface area (Å²) in [5.74, 6) is 0. The summed E-state index contributed by atoms with van der Waals surface area (Å²) in [7, 11) is 0. The molecular formula is C10H11F3O. The number of halogens is 3. The average molecular weight is 204 g/mol. The van der Waals surface area contributed by atoms with E-state index in [9.17, 15) is 13.2 Å². The van der Waals surface area contributed by atoms with E-state index in [1.807, 2.05) is 0 Å². The molecule has 1 aromatic rings. The summed E-state index contributed by atoms with van der Waals surface area (Å²) < 4.78 is 36.6. The number of benzene rings is 1. The van der Waals surface area contributed by atoms with Gasteiger partial charge in [0.25, 0.3) is 0 Å². The summed E-state index contributed by atoms with van der Waals surface area (Å²) in [6.07, 6.45) is -6.49. The minimum Gasteiger partial charge on any atom is -0.379 e. The lowest BCUT2D eigenvalue weighted by atomic mass is 10.0. The van der Waals surface area contributed by atoms with Crippen LogP contribution in [0.15, 0.2) is 24.3 Å². The number of alkyl halides is 3. The molecule has 0 saturated heterocycles. The molecule has 0 fully saturated rings. The Bertz CT molecular complexity index is 306. The summed E-state index contributed by atoms with van der Waals surface area (Å²) in [4.78, 5) is 0. The highest BCUT2D eigenvalue weighted by atomic mass is 19.4. The van der Waals surface area contributed by atoms with Crippen LogP contribution in [0.5, 0.6) is 0 Å². The molecule has 1 nitrogen and oxygen atoms in total. The van der Waals surface area contributed by atoms with E-state index < -0.39 is 12.3 Å². The molecule has 0 radical (unpaired) electrons. The zero-order valence-electron chi connectivity index (χ0n) is 7.67. The molecule has 0 bridgehead atoms. The SMILES string of the molecule is CCc1ccccc1[C@H](O)C(F)(F)F. The average Bonchev–Trinajstić information content (AvgIpc) is 2.15. The monoisotopic (exact) mass is 204 g/mol. The van der Waals surface area contributed by atoms with Gasteiger partial charge in [-0.3, -0.25) is 0 Å². The van der Waals surface area contributed by atoms with E-state index in [0.29, 0.717) is 12.0 Å². The van der Waals surface area contributed by atoms with Crippen LogP contribution >= 0.6 is 0 Å². The van der Waals surface area contributed by atoms with Crippen LogP contribution in [0.25, 0.3) is 0 Å². The smallest absolute Gasteiger partial charge is 0.379 e. The van der Waals surface area contributed by atoms with E-state index in [1.54, 1.807) is 19.1 Å². The summed E-state index contributed by atoms with van der Waals surface area (Å²) in [5, 5.41) is 9.04. The van der Waals surface area contributed by atoms with Crippen LogP contribution in [0.1, 0.15) is 24.2 Å². The normalized spacial score (nSPS) is 14.1. The number of hydrogen-bond donors (Lipinski definition) is 1. The van der Waals surface area contributed by atoms with Crippen molar-refractivity contribution in [1.82, 2.24) is 0 Å². The van der Waals surface area contributed by atoms with Crippen molar-refractivity contribution < 1.29 is 18.3 Å². The van der Waals surface area contributed by atoms with Crippen molar-refractivity contribution in [2.45, 2.75) is 25.6 Å². The Balaban J connectivity index is 3.06. The Morgan fingerprint density at radius 2 is 1.86 bits per heavy atom. The van der Waals surface area contributed by atoms with Gasteiger partial charge in [0.15, 0.2) is 6.10 Å². The van der Waals surface area contributed by atoms with Crippen molar-refractivity contribution in [2.75, 3.05) is 0 Å². The van der Waals surface area contributed by atoms with Gasteiger partial charge in [-0.05, 0) is 17.5 Å². The van der Waals surface area contributed by atoms with Gasteiger partial charge in [-0.15, -0.1) is 0 Å². The predicted molar refractivity (Wildman–Crippen MR) is 46.8 cm³/mol. The molecule has 78 valence electrons. The minimum absolute atomic E-state index is 0.0532. The Labute approximate surface area is 80.2 Å². The molecule has 0 unspecified atom stereocenters. The molecule has 1 rings (SSSR count). The van der Waals surface area contributed by atoms with Crippen LogP contribution < -0.4 is 0 Å². The summed E-state index contributed by atoms with van der Waals surface area (Å²) in [5.41, 5.74) is 0.472. The van der Waals surface area contributed by atoms with Gasteiger partial charge < -0.3 is 5.11 Å². The van der Waals surface area contributed by atoms with Crippen molar-refractivity contribution in [3.63, 3.8) is 0 Å². The topological polar surface area (TPSA) is 20.2 Å². The maximum absolute atomic E-state index is 12.2. The molecule has 0 aromatic heterocycles. The highest BCUT2D eigenvalue weighted by Gasteiger charge is 2.40. The van der Waals surface area contributed by atoms with Gasteiger partial charge in [0.05, 0.1) is 0 Å².